The summed E-state index contributed by atoms with van der Waals surface area (Å²) in [4.78, 5) is 6.54. The molecule has 0 saturated carbocycles. The summed E-state index contributed by atoms with van der Waals surface area (Å²) in [5, 5.41) is 0. The van der Waals surface area contributed by atoms with E-state index < -0.39 is 0 Å². The Balaban J connectivity index is 0.000000845. The van der Waals surface area contributed by atoms with Crippen LogP contribution in [0.3, 0.4) is 0 Å². The number of likely N-dealkylation sites (tertiary alicyclic amines) is 1. The zero-order chi connectivity index (χ0) is 8.39. The number of aromatic nitrogens is 1. The minimum absolute atomic E-state index is 0. The van der Waals surface area contributed by atoms with Crippen molar-refractivity contribution >= 4 is 0 Å². The van der Waals surface area contributed by atoms with E-state index in [9.17, 15) is 0 Å². The van der Waals surface area contributed by atoms with E-state index >= 15 is 0 Å². The average Bonchev–Trinajstić information content (AvgIpc) is 2.53. The van der Waals surface area contributed by atoms with Crippen molar-refractivity contribution in [1.29, 1.82) is 0 Å². The van der Waals surface area contributed by atoms with Gasteiger partial charge in [-0.15, -0.1) is 0 Å². The van der Waals surface area contributed by atoms with Gasteiger partial charge in [-0.1, -0.05) is 6.07 Å². The molecule has 1 aliphatic rings. The van der Waals surface area contributed by atoms with Crippen molar-refractivity contribution in [1.82, 2.24) is 9.88 Å². The van der Waals surface area contributed by atoms with Gasteiger partial charge in [0.25, 0.3) is 0 Å². The van der Waals surface area contributed by atoms with Crippen LogP contribution in [0.25, 0.3) is 0 Å². The van der Waals surface area contributed by atoms with E-state index in [0.29, 0.717) is 6.04 Å². The first-order valence-electron chi connectivity index (χ1n) is 4.48. The molecule has 3 heteroatoms. The molecule has 0 aromatic carbocycles. The van der Waals surface area contributed by atoms with Gasteiger partial charge in [0.1, 0.15) is 0 Å². The van der Waals surface area contributed by atoms with Gasteiger partial charge in [-0.05, 0) is 38.1 Å². The van der Waals surface area contributed by atoms with Crippen LogP contribution in [-0.4, -0.2) is 23.5 Å². The van der Waals surface area contributed by atoms with Crippen molar-refractivity contribution in [3.8, 4) is 0 Å². The molecule has 1 aromatic heterocycles. The Kier molecular flexibility index (Phi) is 4.33. The molecule has 1 aromatic rings. The first-order chi connectivity index (χ1) is 5.88. The quantitative estimate of drug-likeness (QED) is 0.709. The Bertz CT molecular complexity index is 250. The summed E-state index contributed by atoms with van der Waals surface area (Å²) in [6.45, 7) is 1.22. The van der Waals surface area contributed by atoms with Crippen molar-refractivity contribution in [3.63, 3.8) is 0 Å². The van der Waals surface area contributed by atoms with E-state index in [2.05, 4.69) is 23.0 Å². The molecule has 1 atom stereocenters. The van der Waals surface area contributed by atoms with Crippen LogP contribution < -0.4 is 0 Å². The van der Waals surface area contributed by atoms with Crippen molar-refractivity contribution in [2.45, 2.75) is 18.9 Å². The zero-order valence-corrected chi connectivity index (χ0v) is 13.6. The van der Waals surface area contributed by atoms with Gasteiger partial charge >= 0.3 is 0 Å². The number of rotatable bonds is 1. The van der Waals surface area contributed by atoms with Crippen LogP contribution in [-0.2, 0) is 27.7 Å². The zero-order valence-electron chi connectivity index (χ0n) is 8.11. The smallest absolute Gasteiger partial charge is 0.0360 e. The molecule has 66 valence electrons. The van der Waals surface area contributed by atoms with Crippen molar-refractivity contribution in [2.24, 2.45) is 0 Å². The molecular formula is C10H14HgN2. The first kappa shape index (κ1) is 11.1. The molecule has 0 aliphatic carbocycles. The fourth-order valence-electron chi connectivity index (χ4n) is 1.90. The van der Waals surface area contributed by atoms with E-state index in [-0.39, 0.29) is 27.7 Å². The van der Waals surface area contributed by atoms with Gasteiger partial charge < -0.3 is 0 Å². The summed E-state index contributed by atoms with van der Waals surface area (Å²) in [6.07, 6.45) is 6.41. The molecule has 1 unspecified atom stereocenters. The maximum atomic E-state index is 4.14. The molecule has 0 spiro atoms. The Morgan fingerprint density at radius 2 is 2.38 bits per heavy atom. The Labute approximate surface area is 99.9 Å². The summed E-state index contributed by atoms with van der Waals surface area (Å²) in [5.74, 6) is 0. The van der Waals surface area contributed by atoms with Gasteiger partial charge in [0.15, 0.2) is 0 Å². The van der Waals surface area contributed by atoms with Crippen molar-refractivity contribution < 1.29 is 27.7 Å². The van der Waals surface area contributed by atoms with E-state index in [1.54, 1.807) is 0 Å². The van der Waals surface area contributed by atoms with Crippen LogP contribution in [0.5, 0.6) is 0 Å². The molecule has 2 rings (SSSR count). The molecule has 0 bridgehead atoms. The predicted molar refractivity (Wildman–Crippen MR) is 48.8 cm³/mol. The second-order valence-electron chi connectivity index (χ2n) is 3.42. The topological polar surface area (TPSA) is 16.1 Å². The van der Waals surface area contributed by atoms with E-state index in [4.69, 9.17) is 0 Å². The molecule has 0 radical (unpaired) electrons. The van der Waals surface area contributed by atoms with Crippen LogP contribution in [0, 0.1) is 0 Å². The molecule has 1 aliphatic heterocycles. The summed E-state index contributed by atoms with van der Waals surface area (Å²) in [6, 6.07) is 4.79. The standard InChI is InChI=1S/C10H14N2.Hg/c1-12-7-3-5-10(12)9-4-2-6-11-8-9;/h2,4,6,8,10H,3,5,7H2,1H3;. The summed E-state index contributed by atoms with van der Waals surface area (Å²) in [5.41, 5.74) is 1.36. The first-order valence-corrected chi connectivity index (χ1v) is 4.48. The minimum atomic E-state index is 0. The number of hydrogen-bond acceptors (Lipinski definition) is 2. The van der Waals surface area contributed by atoms with Gasteiger partial charge in [-0.25, -0.2) is 0 Å². The molecule has 0 N–H and O–H groups in total. The number of nitrogens with zero attached hydrogens (tertiary/aromatic N) is 2. The second kappa shape index (κ2) is 5.06. The molecule has 13 heavy (non-hydrogen) atoms. The Morgan fingerprint density at radius 3 is 2.92 bits per heavy atom. The van der Waals surface area contributed by atoms with E-state index in [1.165, 1.54) is 24.9 Å². The molecule has 2 nitrogen and oxygen atoms in total. The van der Waals surface area contributed by atoms with Crippen LogP contribution in [0.2, 0.25) is 0 Å². The summed E-state index contributed by atoms with van der Waals surface area (Å²) >= 11 is 0. The maximum absolute atomic E-state index is 4.14. The number of hydrogen-bond donors (Lipinski definition) is 0. The van der Waals surface area contributed by atoms with Crippen LogP contribution >= 0.6 is 0 Å². The van der Waals surface area contributed by atoms with Gasteiger partial charge in [0.05, 0.1) is 0 Å². The predicted octanol–water partition coefficient (Wildman–Crippen LogP) is 1.85. The normalized spacial score (nSPS) is 22.7. The van der Waals surface area contributed by atoms with Crippen LogP contribution in [0.4, 0.5) is 0 Å². The fourth-order valence-corrected chi connectivity index (χ4v) is 1.90. The van der Waals surface area contributed by atoms with Gasteiger partial charge in [0.2, 0.25) is 0 Å². The molecule has 2 heterocycles. The van der Waals surface area contributed by atoms with Crippen molar-refractivity contribution in [3.05, 3.63) is 30.1 Å². The number of pyridine rings is 1. The van der Waals surface area contributed by atoms with E-state index in [0.717, 1.165) is 0 Å². The van der Waals surface area contributed by atoms with Crippen molar-refractivity contribution in [2.75, 3.05) is 13.6 Å². The SMILES string of the molecule is CN1CCCC1c1cccnc1.[Hg]. The van der Waals surface area contributed by atoms with Gasteiger partial charge in [-0.3, -0.25) is 9.88 Å². The molecular weight excluding hydrogens is 349 g/mol. The van der Waals surface area contributed by atoms with Crippen LogP contribution in [0.1, 0.15) is 24.4 Å². The van der Waals surface area contributed by atoms with Gasteiger partial charge in [0, 0.05) is 46.1 Å². The Morgan fingerprint density at radius 1 is 1.54 bits per heavy atom. The second-order valence-corrected chi connectivity index (χ2v) is 3.42. The summed E-state index contributed by atoms with van der Waals surface area (Å²) in [7, 11) is 2.19. The largest absolute Gasteiger partial charge is 0.299 e. The third-order valence-corrected chi connectivity index (χ3v) is 2.59. The average molecular weight is 363 g/mol. The molecule has 1 fully saturated rings. The maximum Gasteiger partial charge on any atom is 0.0360 e. The molecule has 0 amide bonds. The molecule has 1 saturated heterocycles. The third-order valence-electron chi connectivity index (χ3n) is 2.59. The Hall–Kier alpha value is 0.0451. The third kappa shape index (κ3) is 2.50. The monoisotopic (exact) mass is 364 g/mol. The van der Waals surface area contributed by atoms with Gasteiger partial charge in [-0.2, -0.15) is 0 Å². The van der Waals surface area contributed by atoms with Crippen LogP contribution in [0.15, 0.2) is 24.5 Å². The summed E-state index contributed by atoms with van der Waals surface area (Å²) < 4.78 is 0. The minimum Gasteiger partial charge on any atom is -0.299 e. The van der Waals surface area contributed by atoms with E-state index in [1.807, 2.05) is 18.5 Å². The fraction of sp³-hybridized carbons (Fsp3) is 0.500.